The Balaban J connectivity index is 2.03. The van der Waals surface area contributed by atoms with Gasteiger partial charge < -0.3 is 4.74 Å². The van der Waals surface area contributed by atoms with Crippen LogP contribution in [0.5, 0.6) is 5.75 Å². The summed E-state index contributed by atoms with van der Waals surface area (Å²) in [6, 6.07) is 5.70. The predicted molar refractivity (Wildman–Crippen MR) is 77.2 cm³/mol. The molecule has 2 rings (SSSR count). The van der Waals surface area contributed by atoms with Crippen LogP contribution < -0.4 is 4.74 Å². The van der Waals surface area contributed by atoms with Crippen LogP contribution in [0.3, 0.4) is 0 Å². The van der Waals surface area contributed by atoms with E-state index in [9.17, 15) is 4.79 Å². The maximum atomic E-state index is 11.6. The molecule has 1 heterocycles. The number of ketones is 1. The number of aryl methyl sites for hydroxylation is 2. The smallest absolute Gasteiger partial charge is 0.163 e. The molecule has 1 aromatic carbocycles. The summed E-state index contributed by atoms with van der Waals surface area (Å²) < 4.78 is 5.74. The minimum Gasteiger partial charge on any atom is -0.492 e. The number of benzene rings is 1. The SMILES string of the molecule is CC(=O)c1cc(C)ccc1OCCc1scnc1C. The summed E-state index contributed by atoms with van der Waals surface area (Å²) in [5.41, 5.74) is 4.62. The van der Waals surface area contributed by atoms with Crippen molar-refractivity contribution in [3.63, 3.8) is 0 Å². The van der Waals surface area contributed by atoms with E-state index >= 15 is 0 Å². The fourth-order valence-corrected chi connectivity index (χ4v) is 2.63. The molecule has 0 atom stereocenters. The third kappa shape index (κ3) is 3.41. The van der Waals surface area contributed by atoms with Crippen LogP contribution in [0, 0.1) is 13.8 Å². The van der Waals surface area contributed by atoms with Gasteiger partial charge in [0.25, 0.3) is 0 Å². The highest BCUT2D eigenvalue weighted by atomic mass is 32.1. The predicted octanol–water partition coefficient (Wildman–Crippen LogP) is 3.58. The molecule has 0 aliphatic carbocycles. The maximum absolute atomic E-state index is 11.6. The average molecular weight is 275 g/mol. The number of thiazole rings is 1. The summed E-state index contributed by atoms with van der Waals surface area (Å²) in [5.74, 6) is 0.702. The molecule has 100 valence electrons. The lowest BCUT2D eigenvalue weighted by atomic mass is 10.1. The normalized spacial score (nSPS) is 10.5. The molecule has 0 spiro atoms. The Hall–Kier alpha value is -1.68. The molecule has 4 heteroatoms. The third-order valence-corrected chi connectivity index (χ3v) is 3.94. The first-order chi connectivity index (χ1) is 9.08. The molecule has 0 radical (unpaired) electrons. The molecule has 0 N–H and O–H groups in total. The molecule has 0 saturated carbocycles. The Bertz CT molecular complexity index is 590. The summed E-state index contributed by atoms with van der Waals surface area (Å²) in [7, 11) is 0. The lowest BCUT2D eigenvalue weighted by Gasteiger charge is -2.10. The van der Waals surface area contributed by atoms with Gasteiger partial charge in [-0.3, -0.25) is 4.79 Å². The van der Waals surface area contributed by atoms with Gasteiger partial charge in [0.15, 0.2) is 5.78 Å². The zero-order valence-corrected chi connectivity index (χ0v) is 12.2. The molecule has 1 aromatic heterocycles. The Labute approximate surface area is 117 Å². The number of ether oxygens (including phenoxy) is 1. The van der Waals surface area contributed by atoms with Crippen molar-refractivity contribution in [2.24, 2.45) is 0 Å². The summed E-state index contributed by atoms with van der Waals surface area (Å²) in [6.07, 6.45) is 0.821. The van der Waals surface area contributed by atoms with E-state index in [-0.39, 0.29) is 5.78 Å². The van der Waals surface area contributed by atoms with Crippen molar-refractivity contribution in [2.45, 2.75) is 27.2 Å². The number of nitrogens with zero attached hydrogens (tertiary/aromatic N) is 1. The van der Waals surface area contributed by atoms with Crippen molar-refractivity contribution < 1.29 is 9.53 Å². The Morgan fingerprint density at radius 3 is 2.79 bits per heavy atom. The van der Waals surface area contributed by atoms with Crippen molar-refractivity contribution in [1.29, 1.82) is 0 Å². The van der Waals surface area contributed by atoms with Crippen LogP contribution in [0.15, 0.2) is 23.7 Å². The second kappa shape index (κ2) is 5.97. The number of aromatic nitrogens is 1. The van der Waals surface area contributed by atoms with E-state index in [1.165, 1.54) is 4.88 Å². The van der Waals surface area contributed by atoms with E-state index in [1.807, 2.05) is 37.6 Å². The van der Waals surface area contributed by atoms with Gasteiger partial charge in [-0.15, -0.1) is 11.3 Å². The molecule has 3 nitrogen and oxygen atoms in total. The van der Waals surface area contributed by atoms with Crippen molar-refractivity contribution in [3.05, 3.63) is 45.4 Å². The minimum atomic E-state index is 0.0349. The Morgan fingerprint density at radius 2 is 2.16 bits per heavy atom. The van der Waals surface area contributed by atoms with Crippen molar-refractivity contribution in [3.8, 4) is 5.75 Å². The number of hydrogen-bond donors (Lipinski definition) is 0. The Kier molecular flexibility index (Phi) is 4.32. The van der Waals surface area contributed by atoms with Crippen LogP contribution in [-0.4, -0.2) is 17.4 Å². The van der Waals surface area contributed by atoms with Gasteiger partial charge in [0, 0.05) is 11.3 Å². The first-order valence-corrected chi connectivity index (χ1v) is 7.09. The van der Waals surface area contributed by atoms with Gasteiger partial charge in [-0.25, -0.2) is 4.98 Å². The topological polar surface area (TPSA) is 39.2 Å². The molecule has 0 bridgehead atoms. The summed E-state index contributed by atoms with van der Waals surface area (Å²) in [4.78, 5) is 17.0. The molecule has 19 heavy (non-hydrogen) atoms. The highest BCUT2D eigenvalue weighted by molar-refractivity contribution is 7.09. The average Bonchev–Trinajstić information content (AvgIpc) is 2.77. The van der Waals surface area contributed by atoms with E-state index in [0.29, 0.717) is 17.9 Å². The van der Waals surface area contributed by atoms with E-state index in [0.717, 1.165) is 17.7 Å². The monoisotopic (exact) mass is 275 g/mol. The van der Waals surface area contributed by atoms with Crippen LogP contribution in [-0.2, 0) is 6.42 Å². The first kappa shape index (κ1) is 13.7. The number of carbonyl (C=O) groups is 1. The van der Waals surface area contributed by atoms with Crippen molar-refractivity contribution >= 4 is 17.1 Å². The molecule has 0 aliphatic heterocycles. The van der Waals surface area contributed by atoms with Gasteiger partial charge in [-0.2, -0.15) is 0 Å². The van der Waals surface area contributed by atoms with Crippen LogP contribution >= 0.6 is 11.3 Å². The minimum absolute atomic E-state index is 0.0349. The van der Waals surface area contributed by atoms with Crippen LogP contribution in [0.1, 0.15) is 33.4 Å². The molecule has 0 unspecified atom stereocenters. The van der Waals surface area contributed by atoms with Gasteiger partial charge in [0.05, 0.1) is 23.4 Å². The van der Waals surface area contributed by atoms with Gasteiger partial charge >= 0.3 is 0 Å². The number of hydrogen-bond acceptors (Lipinski definition) is 4. The molecular formula is C15H17NO2S. The first-order valence-electron chi connectivity index (χ1n) is 6.21. The number of carbonyl (C=O) groups excluding carboxylic acids is 1. The summed E-state index contributed by atoms with van der Waals surface area (Å²) >= 11 is 1.64. The zero-order valence-electron chi connectivity index (χ0n) is 11.4. The fourth-order valence-electron chi connectivity index (χ4n) is 1.86. The highest BCUT2D eigenvalue weighted by Crippen LogP contribution is 2.21. The number of rotatable bonds is 5. The molecule has 0 amide bonds. The number of Topliss-reactive ketones (excluding diaryl/α,β-unsaturated/α-hetero) is 1. The van der Waals surface area contributed by atoms with Gasteiger partial charge in [0.1, 0.15) is 5.75 Å². The zero-order chi connectivity index (χ0) is 13.8. The van der Waals surface area contributed by atoms with Crippen molar-refractivity contribution in [2.75, 3.05) is 6.61 Å². The maximum Gasteiger partial charge on any atom is 0.163 e. The lowest BCUT2D eigenvalue weighted by Crippen LogP contribution is -2.05. The van der Waals surface area contributed by atoms with Crippen LogP contribution in [0.4, 0.5) is 0 Å². The van der Waals surface area contributed by atoms with Gasteiger partial charge in [-0.05, 0) is 32.9 Å². The van der Waals surface area contributed by atoms with Crippen LogP contribution in [0.2, 0.25) is 0 Å². The summed E-state index contributed by atoms with van der Waals surface area (Å²) in [5, 5.41) is 0. The second-order valence-corrected chi connectivity index (χ2v) is 5.45. The van der Waals surface area contributed by atoms with E-state index in [4.69, 9.17) is 4.74 Å². The van der Waals surface area contributed by atoms with E-state index < -0.39 is 0 Å². The summed E-state index contributed by atoms with van der Waals surface area (Å²) in [6.45, 7) is 6.09. The largest absolute Gasteiger partial charge is 0.492 e. The lowest BCUT2D eigenvalue weighted by molar-refractivity contribution is 0.101. The molecule has 0 aliphatic rings. The molecule has 0 saturated heterocycles. The van der Waals surface area contributed by atoms with Crippen LogP contribution in [0.25, 0.3) is 0 Å². The fraction of sp³-hybridized carbons (Fsp3) is 0.333. The highest BCUT2D eigenvalue weighted by Gasteiger charge is 2.09. The van der Waals surface area contributed by atoms with E-state index in [1.54, 1.807) is 18.3 Å². The van der Waals surface area contributed by atoms with Gasteiger partial charge in [-0.1, -0.05) is 11.6 Å². The van der Waals surface area contributed by atoms with Gasteiger partial charge in [0.2, 0.25) is 0 Å². The molecular weight excluding hydrogens is 258 g/mol. The Morgan fingerprint density at radius 1 is 1.37 bits per heavy atom. The second-order valence-electron chi connectivity index (χ2n) is 4.52. The van der Waals surface area contributed by atoms with Crippen molar-refractivity contribution in [1.82, 2.24) is 4.98 Å². The third-order valence-electron chi connectivity index (χ3n) is 2.95. The molecule has 2 aromatic rings. The van der Waals surface area contributed by atoms with E-state index in [2.05, 4.69) is 4.98 Å². The quantitative estimate of drug-likeness (QED) is 0.783. The molecule has 0 fully saturated rings. The standard InChI is InChI=1S/C15H17NO2S/c1-10-4-5-14(13(8-10)12(3)17)18-7-6-15-11(2)16-9-19-15/h4-5,8-9H,6-7H2,1-3H3.